The molecule has 1 aliphatic heterocycles. The second-order valence-electron chi connectivity index (χ2n) is 5.74. The number of likely N-dealkylation sites (N-methyl/N-ethyl adjacent to an activating group) is 1. The lowest BCUT2D eigenvalue weighted by molar-refractivity contribution is -0.121. The predicted octanol–water partition coefficient (Wildman–Crippen LogP) is 1.12. The first-order chi connectivity index (χ1) is 11.2. The number of piperazine rings is 1. The third-order valence-electron chi connectivity index (χ3n) is 4.15. The molecule has 2 rings (SSSR count). The van der Waals surface area contributed by atoms with Crippen LogP contribution >= 0.6 is 0 Å². The van der Waals surface area contributed by atoms with Gasteiger partial charge in [-0.3, -0.25) is 4.79 Å². The van der Waals surface area contributed by atoms with Crippen LogP contribution in [0, 0.1) is 0 Å². The lowest BCUT2D eigenvalue weighted by Gasteiger charge is -2.33. The largest absolute Gasteiger partial charge is 0.478 e. The van der Waals surface area contributed by atoms with Crippen molar-refractivity contribution >= 4 is 5.91 Å². The molecule has 1 N–H and O–H groups in total. The van der Waals surface area contributed by atoms with Gasteiger partial charge in [0.05, 0.1) is 6.61 Å². The van der Waals surface area contributed by atoms with Gasteiger partial charge in [-0.05, 0) is 25.1 Å². The molecule has 1 aromatic rings. The summed E-state index contributed by atoms with van der Waals surface area (Å²) >= 11 is 0. The SMILES string of the molecule is CCOc1cc(CNC(=O)CCN2CCN(CC)CC2)ccn1. The molecular weight excluding hydrogens is 292 g/mol. The van der Waals surface area contributed by atoms with Gasteiger partial charge in [-0.1, -0.05) is 6.92 Å². The fraction of sp³-hybridized carbons (Fsp3) is 0.647. The quantitative estimate of drug-likeness (QED) is 0.778. The molecule has 128 valence electrons. The number of hydrogen-bond acceptors (Lipinski definition) is 5. The zero-order valence-electron chi connectivity index (χ0n) is 14.3. The Morgan fingerprint density at radius 3 is 2.70 bits per heavy atom. The average Bonchev–Trinajstić information content (AvgIpc) is 2.59. The Balaban J connectivity index is 1.66. The number of nitrogens with one attached hydrogen (secondary N) is 1. The molecule has 0 aliphatic carbocycles. The zero-order valence-corrected chi connectivity index (χ0v) is 14.3. The van der Waals surface area contributed by atoms with Gasteiger partial charge in [-0.25, -0.2) is 4.98 Å². The van der Waals surface area contributed by atoms with Crippen LogP contribution in [-0.2, 0) is 11.3 Å². The van der Waals surface area contributed by atoms with Gasteiger partial charge in [0, 0.05) is 58.0 Å². The third kappa shape index (κ3) is 6.15. The van der Waals surface area contributed by atoms with Gasteiger partial charge >= 0.3 is 0 Å². The number of rotatable bonds is 8. The Morgan fingerprint density at radius 2 is 2.00 bits per heavy atom. The molecule has 6 heteroatoms. The Morgan fingerprint density at radius 1 is 1.26 bits per heavy atom. The number of carbonyl (C=O) groups is 1. The zero-order chi connectivity index (χ0) is 16.5. The number of pyridine rings is 1. The first kappa shape index (κ1) is 17.7. The summed E-state index contributed by atoms with van der Waals surface area (Å²) in [5.74, 6) is 0.700. The molecule has 0 radical (unpaired) electrons. The highest BCUT2D eigenvalue weighted by molar-refractivity contribution is 5.76. The van der Waals surface area contributed by atoms with Gasteiger partial charge in [0.2, 0.25) is 11.8 Å². The molecule has 1 aromatic heterocycles. The highest BCUT2D eigenvalue weighted by Crippen LogP contribution is 2.09. The minimum Gasteiger partial charge on any atom is -0.478 e. The normalized spacial score (nSPS) is 16.3. The highest BCUT2D eigenvalue weighted by atomic mass is 16.5. The maximum absolute atomic E-state index is 12.0. The maximum atomic E-state index is 12.0. The first-order valence-electron chi connectivity index (χ1n) is 8.50. The Labute approximate surface area is 138 Å². The molecule has 0 saturated carbocycles. The Hall–Kier alpha value is -1.66. The summed E-state index contributed by atoms with van der Waals surface area (Å²) in [5, 5.41) is 2.97. The highest BCUT2D eigenvalue weighted by Gasteiger charge is 2.15. The number of carbonyl (C=O) groups excluding carboxylic acids is 1. The van der Waals surface area contributed by atoms with Gasteiger partial charge in [0.15, 0.2) is 0 Å². The van der Waals surface area contributed by atoms with Crippen LogP contribution in [0.1, 0.15) is 25.8 Å². The van der Waals surface area contributed by atoms with E-state index in [1.807, 2.05) is 19.1 Å². The molecule has 0 unspecified atom stereocenters. The topological polar surface area (TPSA) is 57.7 Å². The van der Waals surface area contributed by atoms with Crippen molar-refractivity contribution < 1.29 is 9.53 Å². The van der Waals surface area contributed by atoms with Gasteiger partial charge in [0.1, 0.15) is 0 Å². The Kier molecular flexibility index (Phi) is 7.29. The van der Waals surface area contributed by atoms with E-state index >= 15 is 0 Å². The molecular formula is C17H28N4O2. The molecule has 0 bridgehead atoms. The van der Waals surface area contributed by atoms with E-state index in [1.165, 1.54) is 0 Å². The molecule has 0 atom stereocenters. The lowest BCUT2D eigenvalue weighted by Crippen LogP contribution is -2.46. The van der Waals surface area contributed by atoms with E-state index < -0.39 is 0 Å². The number of aromatic nitrogens is 1. The molecule has 0 aromatic carbocycles. The molecule has 1 fully saturated rings. The van der Waals surface area contributed by atoms with E-state index in [1.54, 1.807) is 6.20 Å². The summed E-state index contributed by atoms with van der Waals surface area (Å²) in [6, 6.07) is 3.76. The molecule has 0 spiro atoms. The lowest BCUT2D eigenvalue weighted by atomic mass is 10.2. The van der Waals surface area contributed by atoms with E-state index in [9.17, 15) is 4.79 Å². The van der Waals surface area contributed by atoms with Gasteiger partial charge in [-0.2, -0.15) is 0 Å². The standard InChI is InChI=1S/C17H28N4O2/c1-3-20-9-11-21(12-10-20)8-6-16(22)19-14-15-5-7-18-17(13-15)23-4-2/h5,7,13H,3-4,6,8-12,14H2,1-2H3,(H,19,22). The van der Waals surface area contributed by atoms with E-state index in [0.717, 1.165) is 44.8 Å². The van der Waals surface area contributed by atoms with Gasteiger partial charge in [0.25, 0.3) is 0 Å². The van der Waals surface area contributed by atoms with E-state index in [2.05, 4.69) is 27.0 Å². The van der Waals surface area contributed by atoms with Crippen LogP contribution in [0.5, 0.6) is 5.88 Å². The summed E-state index contributed by atoms with van der Waals surface area (Å²) < 4.78 is 5.36. The van der Waals surface area contributed by atoms with Crippen LogP contribution in [-0.4, -0.2) is 66.6 Å². The summed E-state index contributed by atoms with van der Waals surface area (Å²) in [7, 11) is 0. The minimum absolute atomic E-state index is 0.0951. The molecule has 1 amide bonds. The predicted molar refractivity (Wildman–Crippen MR) is 90.4 cm³/mol. The van der Waals surface area contributed by atoms with Crippen LogP contribution in [0.2, 0.25) is 0 Å². The van der Waals surface area contributed by atoms with Crippen LogP contribution in [0.4, 0.5) is 0 Å². The van der Waals surface area contributed by atoms with E-state index in [4.69, 9.17) is 4.74 Å². The van der Waals surface area contributed by atoms with E-state index in [-0.39, 0.29) is 5.91 Å². The summed E-state index contributed by atoms with van der Waals surface area (Å²) in [6.45, 7) is 11.5. The van der Waals surface area contributed by atoms with Crippen LogP contribution in [0.15, 0.2) is 18.3 Å². The summed E-state index contributed by atoms with van der Waals surface area (Å²) in [5.41, 5.74) is 1.01. The number of ether oxygens (including phenoxy) is 1. The maximum Gasteiger partial charge on any atom is 0.221 e. The van der Waals surface area contributed by atoms with Crippen LogP contribution in [0.3, 0.4) is 0 Å². The molecule has 6 nitrogen and oxygen atoms in total. The fourth-order valence-electron chi connectivity index (χ4n) is 2.67. The second-order valence-corrected chi connectivity index (χ2v) is 5.74. The average molecular weight is 320 g/mol. The molecule has 1 aliphatic rings. The van der Waals surface area contributed by atoms with Crippen molar-refractivity contribution in [1.82, 2.24) is 20.1 Å². The third-order valence-corrected chi connectivity index (χ3v) is 4.15. The van der Waals surface area contributed by atoms with Crippen molar-refractivity contribution in [3.8, 4) is 5.88 Å². The molecule has 23 heavy (non-hydrogen) atoms. The number of hydrogen-bond donors (Lipinski definition) is 1. The van der Waals surface area contributed by atoms with Crippen molar-refractivity contribution in [2.24, 2.45) is 0 Å². The van der Waals surface area contributed by atoms with Crippen LogP contribution < -0.4 is 10.1 Å². The second kappa shape index (κ2) is 9.47. The number of amides is 1. The smallest absolute Gasteiger partial charge is 0.221 e. The Bertz CT molecular complexity index is 487. The molecule has 2 heterocycles. The first-order valence-corrected chi connectivity index (χ1v) is 8.50. The van der Waals surface area contributed by atoms with Gasteiger partial charge < -0.3 is 19.9 Å². The van der Waals surface area contributed by atoms with E-state index in [0.29, 0.717) is 25.5 Å². The minimum atomic E-state index is 0.0951. The van der Waals surface area contributed by atoms with Crippen molar-refractivity contribution in [3.63, 3.8) is 0 Å². The van der Waals surface area contributed by atoms with Crippen molar-refractivity contribution in [3.05, 3.63) is 23.9 Å². The molecule has 1 saturated heterocycles. The monoisotopic (exact) mass is 320 g/mol. The summed E-state index contributed by atoms with van der Waals surface area (Å²) in [6.07, 6.45) is 2.26. The van der Waals surface area contributed by atoms with Gasteiger partial charge in [-0.15, -0.1) is 0 Å². The number of nitrogens with zero attached hydrogens (tertiary/aromatic N) is 3. The van der Waals surface area contributed by atoms with Crippen LogP contribution in [0.25, 0.3) is 0 Å². The van der Waals surface area contributed by atoms with Crippen molar-refractivity contribution in [2.75, 3.05) is 45.9 Å². The fourth-order valence-corrected chi connectivity index (χ4v) is 2.67. The summed E-state index contributed by atoms with van der Waals surface area (Å²) in [4.78, 5) is 20.9. The van der Waals surface area contributed by atoms with Crippen molar-refractivity contribution in [2.45, 2.75) is 26.8 Å². The van der Waals surface area contributed by atoms with Crippen molar-refractivity contribution in [1.29, 1.82) is 0 Å².